The molecular weight excluding hydrogens is 362 g/mol. The molecule has 0 radical (unpaired) electrons. The first-order valence-corrected chi connectivity index (χ1v) is 8.99. The van der Waals surface area contributed by atoms with Gasteiger partial charge in [0.2, 0.25) is 18.2 Å². The van der Waals surface area contributed by atoms with Gasteiger partial charge in [0, 0.05) is 18.3 Å². The van der Waals surface area contributed by atoms with Crippen molar-refractivity contribution in [2.45, 2.75) is 13.2 Å². The Morgan fingerprint density at radius 3 is 3.07 bits per heavy atom. The summed E-state index contributed by atoms with van der Waals surface area (Å²) in [7, 11) is 1.58. The van der Waals surface area contributed by atoms with Gasteiger partial charge in [0.15, 0.2) is 6.23 Å². The fourth-order valence-electron chi connectivity index (χ4n) is 3.18. The van der Waals surface area contributed by atoms with Crippen molar-refractivity contribution in [2.24, 2.45) is 0 Å². The van der Waals surface area contributed by atoms with Crippen LogP contribution < -0.4 is 14.8 Å². The van der Waals surface area contributed by atoms with E-state index in [-0.39, 0.29) is 0 Å². The summed E-state index contributed by atoms with van der Waals surface area (Å²) in [6.45, 7) is 3.49. The van der Waals surface area contributed by atoms with E-state index in [0.717, 1.165) is 17.4 Å². The van der Waals surface area contributed by atoms with E-state index in [1.807, 2.05) is 31.2 Å². The van der Waals surface area contributed by atoms with Gasteiger partial charge in [-0.15, -0.1) is 0 Å². The van der Waals surface area contributed by atoms with Gasteiger partial charge in [0.05, 0.1) is 31.4 Å². The maximum atomic E-state index is 11.2. The molecule has 4 rings (SSSR count). The first kappa shape index (κ1) is 18.1. The molecule has 1 aliphatic heterocycles. The molecule has 3 aromatic rings. The Bertz CT molecular complexity index is 990. The van der Waals surface area contributed by atoms with E-state index in [1.54, 1.807) is 18.2 Å². The van der Waals surface area contributed by atoms with Crippen molar-refractivity contribution in [2.75, 3.05) is 32.2 Å². The zero-order chi connectivity index (χ0) is 19.5. The number of H-pyrrole nitrogens is 1. The van der Waals surface area contributed by atoms with Gasteiger partial charge in [-0.05, 0) is 25.1 Å². The third-order valence-corrected chi connectivity index (χ3v) is 4.48. The molecule has 9 heteroatoms. The Labute approximate surface area is 161 Å². The van der Waals surface area contributed by atoms with Gasteiger partial charge in [0.25, 0.3) is 0 Å². The number of amides is 1. The third-order valence-electron chi connectivity index (χ3n) is 4.48. The summed E-state index contributed by atoms with van der Waals surface area (Å²) in [6, 6.07) is 7.45. The standard InChI is InChI=1S/C19H21N5O4/c1-3-27-17-13-6-7-20-16(13)22-19(23-17)21-14-5-4-12(10-15(14)26-2)18-24(11-25)8-9-28-18/h4-7,10-11,18H,3,8-9H2,1-2H3,(H2,20,21,22,23). The highest BCUT2D eigenvalue weighted by Crippen LogP contribution is 2.34. The molecule has 1 atom stereocenters. The molecule has 1 aromatic carbocycles. The molecule has 146 valence electrons. The Hall–Kier alpha value is -3.33. The van der Waals surface area contributed by atoms with Crippen LogP contribution in [-0.2, 0) is 9.53 Å². The highest BCUT2D eigenvalue weighted by Gasteiger charge is 2.26. The second kappa shape index (κ2) is 7.73. The van der Waals surface area contributed by atoms with Gasteiger partial charge in [-0.2, -0.15) is 9.97 Å². The van der Waals surface area contributed by atoms with E-state index >= 15 is 0 Å². The van der Waals surface area contributed by atoms with Crippen LogP contribution in [0.1, 0.15) is 18.7 Å². The molecule has 2 N–H and O–H groups in total. The smallest absolute Gasteiger partial charge is 0.232 e. The summed E-state index contributed by atoms with van der Waals surface area (Å²) in [4.78, 5) is 24.8. The number of rotatable bonds is 7. The number of ether oxygens (including phenoxy) is 3. The Balaban J connectivity index is 1.64. The first-order chi connectivity index (χ1) is 13.7. The van der Waals surface area contributed by atoms with E-state index in [0.29, 0.717) is 48.7 Å². The second-order valence-electron chi connectivity index (χ2n) is 6.18. The van der Waals surface area contributed by atoms with Crippen molar-refractivity contribution >= 4 is 29.1 Å². The van der Waals surface area contributed by atoms with Crippen LogP contribution in [-0.4, -0.2) is 53.1 Å². The lowest BCUT2D eigenvalue weighted by molar-refractivity contribution is -0.122. The highest BCUT2D eigenvalue weighted by molar-refractivity contribution is 5.82. The van der Waals surface area contributed by atoms with Crippen LogP contribution in [0.25, 0.3) is 11.0 Å². The Morgan fingerprint density at radius 1 is 1.39 bits per heavy atom. The van der Waals surface area contributed by atoms with Gasteiger partial charge < -0.3 is 29.4 Å². The molecule has 1 fully saturated rings. The lowest BCUT2D eigenvalue weighted by atomic mass is 10.1. The average Bonchev–Trinajstić information content (AvgIpc) is 3.37. The quantitative estimate of drug-likeness (QED) is 0.605. The molecule has 1 aliphatic rings. The molecule has 3 heterocycles. The number of benzene rings is 1. The number of anilines is 2. The summed E-state index contributed by atoms with van der Waals surface area (Å²) in [5.74, 6) is 1.48. The zero-order valence-electron chi connectivity index (χ0n) is 15.6. The lowest BCUT2D eigenvalue weighted by Gasteiger charge is -2.20. The fraction of sp³-hybridized carbons (Fsp3) is 0.316. The number of fused-ring (bicyclic) bond motifs is 1. The molecule has 28 heavy (non-hydrogen) atoms. The van der Waals surface area contributed by atoms with E-state index in [1.165, 1.54) is 0 Å². The molecule has 1 saturated heterocycles. The first-order valence-electron chi connectivity index (χ1n) is 8.99. The van der Waals surface area contributed by atoms with Gasteiger partial charge in [-0.25, -0.2) is 0 Å². The average molecular weight is 383 g/mol. The normalized spacial score (nSPS) is 16.4. The zero-order valence-corrected chi connectivity index (χ0v) is 15.6. The van der Waals surface area contributed by atoms with Crippen molar-refractivity contribution in [3.05, 3.63) is 36.0 Å². The summed E-state index contributed by atoms with van der Waals surface area (Å²) < 4.78 is 16.8. The van der Waals surface area contributed by atoms with Gasteiger partial charge in [0.1, 0.15) is 11.4 Å². The number of nitrogens with zero attached hydrogens (tertiary/aromatic N) is 3. The van der Waals surface area contributed by atoms with Crippen LogP contribution in [0.2, 0.25) is 0 Å². The van der Waals surface area contributed by atoms with Crippen LogP contribution in [0.5, 0.6) is 11.6 Å². The third kappa shape index (κ3) is 3.31. The Kier molecular flexibility index (Phi) is 4.98. The minimum absolute atomic E-state index is 0.385. The molecular formula is C19H21N5O4. The van der Waals surface area contributed by atoms with Crippen LogP contribution in [0, 0.1) is 0 Å². The molecule has 0 spiro atoms. The predicted molar refractivity (Wildman–Crippen MR) is 103 cm³/mol. The minimum Gasteiger partial charge on any atom is -0.495 e. The number of carbonyl (C=O) groups excluding carboxylic acids is 1. The summed E-state index contributed by atoms with van der Waals surface area (Å²) in [6.07, 6.45) is 2.18. The number of carbonyl (C=O) groups is 1. The lowest BCUT2D eigenvalue weighted by Crippen LogP contribution is -2.21. The highest BCUT2D eigenvalue weighted by atomic mass is 16.5. The monoisotopic (exact) mass is 383 g/mol. The SMILES string of the molecule is CCOc1nc(Nc2ccc(C3OCCN3C=O)cc2OC)nc2[nH]ccc12. The van der Waals surface area contributed by atoms with E-state index in [4.69, 9.17) is 14.2 Å². The molecule has 0 aliphatic carbocycles. The van der Waals surface area contributed by atoms with E-state index in [2.05, 4.69) is 20.3 Å². The van der Waals surface area contributed by atoms with Gasteiger partial charge in [-0.1, -0.05) is 6.07 Å². The van der Waals surface area contributed by atoms with Crippen molar-refractivity contribution in [3.63, 3.8) is 0 Å². The maximum absolute atomic E-state index is 11.2. The predicted octanol–water partition coefficient (Wildman–Crippen LogP) is 2.60. The van der Waals surface area contributed by atoms with Crippen molar-refractivity contribution < 1.29 is 19.0 Å². The summed E-state index contributed by atoms with van der Waals surface area (Å²) in [5.41, 5.74) is 2.20. The second-order valence-corrected chi connectivity index (χ2v) is 6.18. The molecule has 2 aromatic heterocycles. The maximum Gasteiger partial charge on any atom is 0.232 e. The number of aromatic nitrogens is 3. The van der Waals surface area contributed by atoms with Crippen LogP contribution in [0.4, 0.5) is 11.6 Å². The molecule has 9 nitrogen and oxygen atoms in total. The molecule has 1 amide bonds. The fourth-order valence-corrected chi connectivity index (χ4v) is 3.18. The van der Waals surface area contributed by atoms with Gasteiger partial charge >= 0.3 is 0 Å². The van der Waals surface area contributed by atoms with Crippen LogP contribution in [0.15, 0.2) is 30.5 Å². The number of hydrogen-bond donors (Lipinski definition) is 2. The van der Waals surface area contributed by atoms with Crippen molar-refractivity contribution in [1.82, 2.24) is 19.9 Å². The topological polar surface area (TPSA) is 102 Å². The van der Waals surface area contributed by atoms with Crippen molar-refractivity contribution in [1.29, 1.82) is 0 Å². The van der Waals surface area contributed by atoms with Crippen LogP contribution in [0.3, 0.4) is 0 Å². The number of nitrogens with one attached hydrogen (secondary N) is 2. The number of aromatic amines is 1. The van der Waals surface area contributed by atoms with Gasteiger partial charge in [-0.3, -0.25) is 4.79 Å². The summed E-state index contributed by atoms with van der Waals surface area (Å²) >= 11 is 0. The Morgan fingerprint density at radius 2 is 2.29 bits per heavy atom. The minimum atomic E-state index is -0.406. The summed E-state index contributed by atoms with van der Waals surface area (Å²) in [5, 5.41) is 4.00. The number of hydrogen-bond acceptors (Lipinski definition) is 7. The van der Waals surface area contributed by atoms with Crippen molar-refractivity contribution in [3.8, 4) is 11.6 Å². The molecule has 0 saturated carbocycles. The molecule has 0 bridgehead atoms. The molecule has 1 unspecified atom stereocenters. The largest absolute Gasteiger partial charge is 0.495 e. The van der Waals surface area contributed by atoms with E-state index < -0.39 is 6.23 Å². The van der Waals surface area contributed by atoms with E-state index in [9.17, 15) is 4.79 Å². The van der Waals surface area contributed by atoms with Crippen LogP contribution >= 0.6 is 0 Å². The number of methoxy groups -OCH3 is 1.